The van der Waals surface area contributed by atoms with Gasteiger partial charge in [0.05, 0.1) is 11.9 Å². The first-order chi connectivity index (χ1) is 6.16. The molecule has 2 nitrogen and oxygen atoms in total. The van der Waals surface area contributed by atoms with Crippen molar-refractivity contribution in [2.75, 3.05) is 5.73 Å². The zero-order valence-corrected chi connectivity index (χ0v) is 6.59. The first kappa shape index (κ1) is 7.91. The summed E-state index contributed by atoms with van der Waals surface area (Å²) in [5.41, 5.74) is 5.94. The summed E-state index contributed by atoms with van der Waals surface area (Å²) in [6, 6.07) is 3.47. The minimum Gasteiger partial charge on any atom is -0.397 e. The molecule has 0 aliphatic rings. The van der Waals surface area contributed by atoms with Crippen LogP contribution in [0.3, 0.4) is 0 Å². The van der Waals surface area contributed by atoms with Crippen molar-refractivity contribution >= 4 is 16.6 Å². The number of aromatic nitrogens is 1. The number of hydrogen-bond acceptors (Lipinski definition) is 2. The molecular formula is C9H6F2N2. The topological polar surface area (TPSA) is 38.9 Å². The van der Waals surface area contributed by atoms with E-state index in [2.05, 4.69) is 4.98 Å². The van der Waals surface area contributed by atoms with E-state index in [9.17, 15) is 8.78 Å². The van der Waals surface area contributed by atoms with Crippen LogP contribution in [0.5, 0.6) is 0 Å². The fourth-order valence-corrected chi connectivity index (χ4v) is 1.19. The molecule has 2 aromatic rings. The molecule has 1 aromatic carbocycles. The molecule has 1 heterocycles. The third-order valence-electron chi connectivity index (χ3n) is 1.72. The van der Waals surface area contributed by atoms with Gasteiger partial charge in [0.2, 0.25) is 0 Å². The highest BCUT2D eigenvalue weighted by molar-refractivity contribution is 5.81. The Morgan fingerprint density at radius 2 is 1.92 bits per heavy atom. The molecule has 0 fully saturated rings. The van der Waals surface area contributed by atoms with Gasteiger partial charge in [-0.3, -0.25) is 4.98 Å². The largest absolute Gasteiger partial charge is 0.397 e. The summed E-state index contributed by atoms with van der Waals surface area (Å²) in [6.07, 6.45) is 1.34. The molecule has 0 atom stereocenters. The van der Waals surface area contributed by atoms with Crippen LogP contribution in [-0.4, -0.2) is 4.98 Å². The predicted octanol–water partition coefficient (Wildman–Crippen LogP) is 2.10. The number of fused-ring (bicyclic) bond motifs is 1. The first-order valence-electron chi connectivity index (χ1n) is 3.67. The Kier molecular flexibility index (Phi) is 1.62. The quantitative estimate of drug-likeness (QED) is 0.674. The predicted molar refractivity (Wildman–Crippen MR) is 46.1 cm³/mol. The van der Waals surface area contributed by atoms with Gasteiger partial charge in [0.25, 0.3) is 0 Å². The maximum Gasteiger partial charge on any atom is 0.152 e. The highest BCUT2D eigenvalue weighted by Crippen LogP contribution is 2.18. The van der Waals surface area contributed by atoms with Crippen molar-refractivity contribution in [1.29, 1.82) is 0 Å². The van der Waals surface area contributed by atoms with Crippen LogP contribution in [0.4, 0.5) is 14.5 Å². The van der Waals surface area contributed by atoms with Gasteiger partial charge in [-0.25, -0.2) is 8.78 Å². The minimum absolute atomic E-state index is 0.135. The van der Waals surface area contributed by atoms with Crippen molar-refractivity contribution in [2.45, 2.75) is 0 Å². The number of halogens is 2. The van der Waals surface area contributed by atoms with Crippen molar-refractivity contribution in [3.63, 3.8) is 0 Å². The summed E-state index contributed by atoms with van der Waals surface area (Å²) in [7, 11) is 0. The third-order valence-corrected chi connectivity index (χ3v) is 1.72. The van der Waals surface area contributed by atoms with E-state index in [4.69, 9.17) is 5.73 Å². The van der Waals surface area contributed by atoms with E-state index >= 15 is 0 Å². The van der Waals surface area contributed by atoms with Crippen molar-refractivity contribution in [3.8, 4) is 0 Å². The molecule has 0 saturated heterocycles. The molecule has 2 N–H and O–H groups in total. The lowest BCUT2D eigenvalue weighted by Gasteiger charge is -1.99. The second-order valence-electron chi connectivity index (χ2n) is 2.73. The molecule has 0 unspecified atom stereocenters. The summed E-state index contributed by atoms with van der Waals surface area (Å²) in [5.74, 6) is -1.30. The normalized spacial score (nSPS) is 10.6. The second-order valence-corrected chi connectivity index (χ2v) is 2.73. The Labute approximate surface area is 73.0 Å². The number of nitrogens with two attached hydrogens (primary N) is 1. The molecule has 0 bridgehead atoms. The molecule has 1 aromatic heterocycles. The third kappa shape index (κ3) is 1.30. The smallest absolute Gasteiger partial charge is 0.152 e. The van der Waals surface area contributed by atoms with Gasteiger partial charge in [-0.2, -0.15) is 0 Å². The average molecular weight is 180 g/mol. The molecule has 0 saturated carbocycles. The van der Waals surface area contributed by atoms with E-state index < -0.39 is 11.6 Å². The average Bonchev–Trinajstić information content (AvgIpc) is 2.02. The van der Waals surface area contributed by atoms with Crippen molar-refractivity contribution < 1.29 is 8.78 Å². The van der Waals surface area contributed by atoms with Crippen molar-refractivity contribution in [2.24, 2.45) is 0 Å². The lowest BCUT2D eigenvalue weighted by atomic mass is 10.2. The van der Waals surface area contributed by atoms with Crippen molar-refractivity contribution in [1.82, 2.24) is 4.98 Å². The molecule has 66 valence electrons. The van der Waals surface area contributed by atoms with Crippen LogP contribution in [-0.2, 0) is 0 Å². The maximum absolute atomic E-state index is 13.0. The molecule has 0 aliphatic heterocycles. The van der Waals surface area contributed by atoms with E-state index in [0.717, 1.165) is 6.07 Å². The van der Waals surface area contributed by atoms with E-state index in [-0.39, 0.29) is 5.52 Å². The summed E-state index contributed by atoms with van der Waals surface area (Å²) >= 11 is 0. The standard InChI is InChI=1S/C9H6F2N2/c10-6-1-5-2-7(12)4-13-9(5)8(11)3-6/h1-4H,12H2. The van der Waals surface area contributed by atoms with Gasteiger partial charge in [-0.15, -0.1) is 0 Å². The van der Waals surface area contributed by atoms with E-state index in [1.54, 1.807) is 0 Å². The molecule has 0 aliphatic carbocycles. The van der Waals surface area contributed by atoms with Gasteiger partial charge in [-0.05, 0) is 12.1 Å². The Balaban J connectivity index is 2.86. The monoisotopic (exact) mass is 180 g/mol. The van der Waals surface area contributed by atoms with Crippen LogP contribution in [0.1, 0.15) is 0 Å². The van der Waals surface area contributed by atoms with E-state index in [1.165, 1.54) is 18.3 Å². The van der Waals surface area contributed by atoms with Crippen LogP contribution < -0.4 is 5.73 Å². The fourth-order valence-electron chi connectivity index (χ4n) is 1.19. The van der Waals surface area contributed by atoms with E-state index in [1.807, 2.05) is 0 Å². The Morgan fingerprint density at radius 1 is 1.15 bits per heavy atom. The molecule has 4 heteroatoms. The summed E-state index contributed by atoms with van der Waals surface area (Å²) < 4.78 is 25.8. The number of hydrogen-bond donors (Lipinski definition) is 1. The summed E-state index contributed by atoms with van der Waals surface area (Å²) in [4.78, 5) is 3.75. The van der Waals surface area contributed by atoms with Gasteiger partial charge in [0.15, 0.2) is 5.82 Å². The Bertz CT molecular complexity index is 463. The lowest BCUT2D eigenvalue weighted by molar-refractivity contribution is 0.590. The Hall–Kier alpha value is -1.71. The van der Waals surface area contributed by atoms with Crippen LogP contribution in [0.15, 0.2) is 24.4 Å². The van der Waals surface area contributed by atoms with Gasteiger partial charge >= 0.3 is 0 Å². The molecule has 0 radical (unpaired) electrons. The van der Waals surface area contributed by atoms with Gasteiger partial charge < -0.3 is 5.73 Å². The van der Waals surface area contributed by atoms with Crippen LogP contribution >= 0.6 is 0 Å². The molecule has 2 rings (SSSR count). The number of benzene rings is 1. The highest BCUT2D eigenvalue weighted by Gasteiger charge is 2.04. The van der Waals surface area contributed by atoms with Crippen molar-refractivity contribution in [3.05, 3.63) is 36.0 Å². The van der Waals surface area contributed by atoms with Crippen LogP contribution in [0, 0.1) is 11.6 Å². The zero-order valence-electron chi connectivity index (χ0n) is 6.59. The number of anilines is 1. The summed E-state index contributed by atoms with van der Waals surface area (Å²) in [6.45, 7) is 0. The fraction of sp³-hybridized carbons (Fsp3) is 0. The van der Waals surface area contributed by atoms with Gasteiger partial charge in [0.1, 0.15) is 11.3 Å². The van der Waals surface area contributed by atoms with Gasteiger partial charge in [-0.1, -0.05) is 0 Å². The van der Waals surface area contributed by atoms with Gasteiger partial charge in [0, 0.05) is 11.5 Å². The van der Waals surface area contributed by atoms with Crippen LogP contribution in [0.2, 0.25) is 0 Å². The number of rotatable bonds is 0. The SMILES string of the molecule is Nc1cnc2c(F)cc(F)cc2c1. The van der Waals surface area contributed by atoms with E-state index in [0.29, 0.717) is 11.1 Å². The molecule has 0 spiro atoms. The first-order valence-corrected chi connectivity index (χ1v) is 3.67. The molecule has 13 heavy (non-hydrogen) atoms. The lowest BCUT2D eigenvalue weighted by Crippen LogP contribution is -1.90. The number of nitrogen functional groups attached to an aromatic ring is 1. The van der Waals surface area contributed by atoms with Crippen LogP contribution in [0.25, 0.3) is 10.9 Å². The zero-order chi connectivity index (χ0) is 9.42. The second kappa shape index (κ2) is 2.65. The molecular weight excluding hydrogens is 174 g/mol. The molecule has 0 amide bonds. The highest BCUT2D eigenvalue weighted by atomic mass is 19.1. The summed E-state index contributed by atoms with van der Waals surface area (Å²) in [5, 5.41) is 0.373. The number of nitrogens with zero attached hydrogens (tertiary/aromatic N) is 1. The maximum atomic E-state index is 13.0. The number of pyridine rings is 1. The Morgan fingerprint density at radius 3 is 2.69 bits per heavy atom. The minimum atomic E-state index is -0.671.